The van der Waals surface area contributed by atoms with E-state index in [9.17, 15) is 0 Å². The number of halogens is 1. The lowest BCUT2D eigenvalue weighted by Gasteiger charge is -2.36. The minimum absolute atomic E-state index is 0.379. The number of oxazole rings is 1. The molecule has 170 valence electrons. The van der Waals surface area contributed by atoms with Gasteiger partial charge >= 0.3 is 0 Å². The van der Waals surface area contributed by atoms with Crippen LogP contribution in [0.3, 0.4) is 0 Å². The maximum atomic E-state index is 6.56. The number of anilines is 1. The Bertz CT molecular complexity index is 1250. The van der Waals surface area contributed by atoms with Gasteiger partial charge in [-0.05, 0) is 81.3 Å². The number of hydrogen-bond donors (Lipinski definition) is 1. The van der Waals surface area contributed by atoms with E-state index < -0.39 is 0 Å². The monoisotopic (exact) mass is 462 g/mol. The van der Waals surface area contributed by atoms with Crippen molar-refractivity contribution >= 4 is 29.2 Å². The van der Waals surface area contributed by atoms with Gasteiger partial charge in [-0.3, -0.25) is 15.2 Å². The molecule has 0 aliphatic carbocycles. The molecule has 1 fully saturated rings. The fourth-order valence-corrected chi connectivity index (χ4v) is 5.57. The minimum Gasteiger partial charge on any atom is -0.443 e. The molecule has 1 atom stereocenters. The van der Waals surface area contributed by atoms with Gasteiger partial charge in [-0.25, -0.2) is 4.98 Å². The zero-order valence-corrected chi connectivity index (χ0v) is 19.6. The van der Waals surface area contributed by atoms with Crippen LogP contribution in [0, 0.1) is 0 Å². The second-order valence-electron chi connectivity index (χ2n) is 9.26. The highest BCUT2D eigenvalue weighted by atomic mass is 35.5. The van der Waals surface area contributed by atoms with Crippen LogP contribution in [-0.4, -0.2) is 39.0 Å². The van der Waals surface area contributed by atoms with Gasteiger partial charge in [0.15, 0.2) is 0 Å². The van der Waals surface area contributed by atoms with Crippen molar-refractivity contribution in [2.24, 2.45) is 5.10 Å². The lowest BCUT2D eigenvalue weighted by atomic mass is 10.0. The maximum Gasteiger partial charge on any atom is 0.243 e. The number of hydrogen-bond acceptors (Lipinski definition) is 6. The normalized spacial score (nSPS) is 21.8. The lowest BCUT2D eigenvalue weighted by Crippen LogP contribution is -2.51. The van der Waals surface area contributed by atoms with Gasteiger partial charge in [0.2, 0.25) is 5.89 Å². The van der Waals surface area contributed by atoms with Crippen LogP contribution in [0.5, 0.6) is 0 Å². The number of amidine groups is 1. The first-order chi connectivity index (χ1) is 16.0. The number of hydrazone groups is 1. The second-order valence-corrected chi connectivity index (χ2v) is 9.70. The Balaban J connectivity index is 1.42. The molecule has 2 aromatic heterocycles. The average molecular weight is 463 g/mol. The van der Waals surface area contributed by atoms with Gasteiger partial charge in [0.1, 0.15) is 23.5 Å². The Morgan fingerprint density at radius 1 is 1.12 bits per heavy atom. The Labute approximate surface area is 198 Å². The van der Waals surface area contributed by atoms with Gasteiger partial charge in [-0.15, -0.1) is 0 Å². The van der Waals surface area contributed by atoms with Crippen molar-refractivity contribution in [1.82, 2.24) is 19.9 Å². The topological polar surface area (TPSA) is 61.8 Å². The van der Waals surface area contributed by atoms with Gasteiger partial charge in [-0.2, -0.15) is 5.10 Å². The van der Waals surface area contributed by atoms with E-state index in [4.69, 9.17) is 16.0 Å². The molecule has 0 saturated carbocycles. The van der Waals surface area contributed by atoms with E-state index in [1.165, 1.54) is 18.4 Å². The van der Waals surface area contributed by atoms with Crippen molar-refractivity contribution in [3.8, 4) is 11.6 Å². The van der Waals surface area contributed by atoms with Crippen LogP contribution in [0.2, 0.25) is 5.02 Å². The van der Waals surface area contributed by atoms with Crippen LogP contribution >= 0.6 is 11.6 Å². The molecule has 1 saturated heterocycles. The molecule has 3 aromatic rings. The Hall–Kier alpha value is -3.03. The zero-order valence-electron chi connectivity index (χ0n) is 18.9. The molecular weight excluding hydrogens is 436 g/mol. The summed E-state index contributed by atoms with van der Waals surface area (Å²) in [4.78, 5) is 9.17. The highest BCUT2D eigenvalue weighted by molar-refractivity contribution is 6.30. The molecule has 1 unspecified atom stereocenters. The Kier molecular flexibility index (Phi) is 4.85. The van der Waals surface area contributed by atoms with E-state index in [2.05, 4.69) is 73.2 Å². The third-order valence-electron chi connectivity index (χ3n) is 6.77. The van der Waals surface area contributed by atoms with Crippen LogP contribution in [0.4, 0.5) is 5.69 Å². The molecule has 3 aliphatic rings. The quantitative estimate of drug-likeness (QED) is 0.582. The minimum atomic E-state index is -0.379. The Morgan fingerprint density at radius 3 is 2.67 bits per heavy atom. The van der Waals surface area contributed by atoms with Crippen LogP contribution in [-0.2, 0) is 13.1 Å². The van der Waals surface area contributed by atoms with E-state index >= 15 is 0 Å². The van der Waals surface area contributed by atoms with Gasteiger partial charge in [-0.1, -0.05) is 17.7 Å². The summed E-state index contributed by atoms with van der Waals surface area (Å²) in [5.74, 6) is 1.52. The number of nitrogens with one attached hydrogen (secondary N) is 1. The number of nitrogens with zero attached hydrogens (tertiary/aromatic N) is 5. The van der Waals surface area contributed by atoms with Crippen LogP contribution in [0.15, 0.2) is 52.3 Å². The largest absolute Gasteiger partial charge is 0.443 e. The molecule has 0 radical (unpaired) electrons. The zero-order chi connectivity index (χ0) is 22.6. The molecule has 0 bridgehead atoms. The van der Waals surface area contributed by atoms with Crippen molar-refractivity contribution < 1.29 is 4.42 Å². The third-order valence-corrected chi connectivity index (χ3v) is 6.99. The fraction of sp³-hybridized carbons (Fsp3) is 0.360. The number of fused-ring (bicyclic) bond motifs is 3. The van der Waals surface area contributed by atoms with Crippen LogP contribution in [0.1, 0.15) is 43.5 Å². The number of rotatable bonds is 5. The lowest BCUT2D eigenvalue weighted by molar-refractivity contribution is 0.331. The Morgan fingerprint density at radius 2 is 1.91 bits per heavy atom. The molecule has 0 spiro atoms. The number of likely N-dealkylation sites (tertiary alicyclic amines) is 1. The van der Waals surface area contributed by atoms with Crippen LogP contribution in [0.25, 0.3) is 17.7 Å². The third kappa shape index (κ3) is 3.56. The van der Waals surface area contributed by atoms with Gasteiger partial charge in [0.25, 0.3) is 0 Å². The molecule has 7 nitrogen and oxygen atoms in total. The summed E-state index contributed by atoms with van der Waals surface area (Å²) < 4.78 is 7.98. The van der Waals surface area contributed by atoms with Gasteiger partial charge < -0.3 is 8.98 Å². The maximum absolute atomic E-state index is 6.56. The smallest absolute Gasteiger partial charge is 0.243 e. The molecule has 3 aliphatic heterocycles. The summed E-state index contributed by atoms with van der Waals surface area (Å²) in [6.45, 7) is 8.07. The number of aromatic nitrogens is 2. The van der Waals surface area contributed by atoms with Crippen molar-refractivity contribution in [2.45, 2.75) is 45.4 Å². The fourth-order valence-electron chi connectivity index (χ4n) is 5.29. The molecule has 1 aromatic carbocycles. The summed E-state index contributed by atoms with van der Waals surface area (Å²) in [6, 6.07) is 8.56. The second kappa shape index (κ2) is 7.78. The van der Waals surface area contributed by atoms with Crippen LogP contribution < -0.4 is 10.3 Å². The predicted molar refractivity (Wildman–Crippen MR) is 131 cm³/mol. The SMILES string of the molecule is CC1=NNC2(C)C=Cc3c(cc(-c4ncco4)n3Cc3cc(Cl)cc(CN4CCCC4)c3)N12. The van der Waals surface area contributed by atoms with Crippen molar-refractivity contribution in [1.29, 1.82) is 0 Å². The molecule has 33 heavy (non-hydrogen) atoms. The molecule has 8 heteroatoms. The summed E-state index contributed by atoms with van der Waals surface area (Å²) in [5.41, 5.74) is 8.39. The molecule has 5 heterocycles. The number of benzene rings is 1. The molecule has 1 N–H and O–H groups in total. The van der Waals surface area contributed by atoms with E-state index in [-0.39, 0.29) is 5.66 Å². The van der Waals surface area contributed by atoms with Gasteiger partial charge in [0, 0.05) is 18.1 Å². The first kappa shape index (κ1) is 20.6. The summed E-state index contributed by atoms with van der Waals surface area (Å²) >= 11 is 6.56. The standard InChI is InChI=1S/C25H27ClN6O/c1-17-28-29-25(2)6-5-21-22(32(17)25)14-23(24-27-7-10-33-24)31(21)16-19-11-18(12-20(26)13-19)15-30-8-3-4-9-30/h5-7,10-14,29H,3-4,8-9,15-16H2,1-2H3. The van der Waals surface area contributed by atoms with E-state index in [1.807, 2.05) is 6.92 Å². The highest BCUT2D eigenvalue weighted by Crippen LogP contribution is 2.41. The average Bonchev–Trinajstić information content (AvgIpc) is 3.56. The first-order valence-corrected chi connectivity index (χ1v) is 11.8. The van der Waals surface area contributed by atoms with E-state index in [0.29, 0.717) is 12.4 Å². The van der Waals surface area contributed by atoms with Crippen molar-refractivity contribution in [2.75, 3.05) is 18.0 Å². The van der Waals surface area contributed by atoms with Crippen molar-refractivity contribution in [3.05, 3.63) is 64.6 Å². The molecule has 6 rings (SSSR count). The predicted octanol–water partition coefficient (Wildman–Crippen LogP) is 4.93. The first-order valence-electron chi connectivity index (χ1n) is 11.5. The molecule has 0 amide bonds. The van der Waals surface area contributed by atoms with E-state index in [0.717, 1.165) is 53.1 Å². The molecular formula is C25H27ClN6O. The summed E-state index contributed by atoms with van der Waals surface area (Å²) in [6.07, 6.45) is 10.2. The highest BCUT2D eigenvalue weighted by Gasteiger charge is 2.41. The van der Waals surface area contributed by atoms with Crippen molar-refractivity contribution in [3.63, 3.8) is 0 Å². The van der Waals surface area contributed by atoms with E-state index in [1.54, 1.807) is 12.5 Å². The summed E-state index contributed by atoms with van der Waals surface area (Å²) in [5, 5.41) is 5.25. The van der Waals surface area contributed by atoms with Gasteiger partial charge in [0.05, 0.1) is 17.6 Å². The summed E-state index contributed by atoms with van der Waals surface area (Å²) in [7, 11) is 0.